The van der Waals surface area contributed by atoms with Gasteiger partial charge in [-0.1, -0.05) is 254 Å². The summed E-state index contributed by atoms with van der Waals surface area (Å²) in [5.74, 6) is -0.0746. The van der Waals surface area contributed by atoms with Gasteiger partial charge >= 0.3 is 0 Å². The minimum Gasteiger partial charge on any atom is -0.394 e. The normalized spacial score (nSPS) is 13.5. The summed E-state index contributed by atoms with van der Waals surface area (Å²) < 4.78 is 0. The van der Waals surface area contributed by atoms with E-state index in [2.05, 4.69) is 79.9 Å². The Hall–Kier alpha value is -2.17. The molecule has 0 saturated heterocycles. The van der Waals surface area contributed by atoms with Gasteiger partial charge in [-0.05, 0) is 70.6 Å². The molecule has 0 rings (SSSR count). The fourth-order valence-electron chi connectivity index (χ4n) is 7.72. The third-order valence-electron chi connectivity index (χ3n) is 11.7. The number of amides is 1. The van der Waals surface area contributed by atoms with Crippen LogP contribution in [0, 0.1) is 0 Å². The van der Waals surface area contributed by atoms with Crippen molar-refractivity contribution in [2.24, 2.45) is 0 Å². The number of aliphatic hydroxyl groups is 2. The zero-order valence-electron chi connectivity index (χ0n) is 40.0. The molecule has 0 aliphatic rings. The summed E-state index contributed by atoms with van der Waals surface area (Å²) in [6, 6.07) is -0.636. The molecule has 2 atom stereocenters. The molecule has 60 heavy (non-hydrogen) atoms. The second kappa shape index (κ2) is 51.2. The fourth-order valence-corrected chi connectivity index (χ4v) is 7.72. The molecule has 1 amide bonds. The third kappa shape index (κ3) is 46.9. The Kier molecular flexibility index (Phi) is 49.3. The summed E-state index contributed by atoms with van der Waals surface area (Å²) in [4.78, 5) is 12.4. The largest absolute Gasteiger partial charge is 0.394 e. The summed E-state index contributed by atoms with van der Waals surface area (Å²) in [5.41, 5.74) is 0. The van der Waals surface area contributed by atoms with Crippen LogP contribution in [0.4, 0.5) is 0 Å². The number of hydrogen-bond acceptors (Lipinski definition) is 3. The highest BCUT2D eigenvalue weighted by Crippen LogP contribution is 2.17. The first-order valence-corrected chi connectivity index (χ1v) is 26.2. The second-order valence-electron chi connectivity index (χ2n) is 17.6. The summed E-state index contributed by atoms with van der Waals surface area (Å²) in [6.45, 7) is 4.14. The van der Waals surface area contributed by atoms with E-state index in [1.54, 1.807) is 6.08 Å². The monoisotopic (exact) mass is 836 g/mol. The van der Waals surface area contributed by atoms with Crippen LogP contribution < -0.4 is 5.32 Å². The van der Waals surface area contributed by atoms with E-state index in [0.717, 1.165) is 57.8 Å². The molecule has 0 bridgehead atoms. The van der Waals surface area contributed by atoms with Crippen molar-refractivity contribution < 1.29 is 15.0 Å². The number of allylic oxidation sites excluding steroid dienone is 11. The van der Waals surface area contributed by atoms with Crippen LogP contribution in [0.5, 0.6) is 0 Å². The van der Waals surface area contributed by atoms with Gasteiger partial charge in [-0.2, -0.15) is 0 Å². The Morgan fingerprint density at radius 1 is 0.417 bits per heavy atom. The van der Waals surface area contributed by atoms with Gasteiger partial charge in [-0.15, -0.1) is 0 Å². The van der Waals surface area contributed by atoms with Crippen molar-refractivity contribution in [2.45, 2.75) is 270 Å². The molecule has 0 radical (unpaired) electrons. The Balaban J connectivity index is 3.37. The Morgan fingerprint density at radius 3 is 1.17 bits per heavy atom. The maximum absolute atomic E-state index is 12.4. The number of rotatable bonds is 47. The van der Waals surface area contributed by atoms with Crippen LogP contribution in [-0.2, 0) is 4.79 Å². The van der Waals surface area contributed by atoms with Gasteiger partial charge in [-0.3, -0.25) is 4.79 Å². The van der Waals surface area contributed by atoms with E-state index < -0.39 is 12.1 Å². The molecule has 0 aromatic carbocycles. The molecule has 0 aliphatic heterocycles. The minimum absolute atomic E-state index is 0.0746. The van der Waals surface area contributed by atoms with Crippen LogP contribution in [0.1, 0.15) is 258 Å². The quantitative estimate of drug-likeness (QED) is 0.0422. The number of nitrogens with one attached hydrogen (secondary N) is 1. The highest BCUT2D eigenvalue weighted by atomic mass is 16.3. The van der Waals surface area contributed by atoms with Gasteiger partial charge in [0.15, 0.2) is 0 Å². The second-order valence-corrected chi connectivity index (χ2v) is 17.6. The standard InChI is InChI=1S/C56H101NO3/c1-3-5-7-9-11-13-14-15-16-17-18-19-20-21-22-23-24-25-26-27-28-29-30-31-32-33-34-35-36-37-38-39-40-41-42-44-46-48-50-52-56(60)57-54(53-58)55(59)51-49-47-45-43-12-10-8-6-4-2/h5,7,11-13,15-16,18-19,43,49,51,54-55,58-59H,3-4,6,8-10,14,17,20-42,44-48,50,52-53H2,1-2H3,(H,57,60)/b7-5-,13-11-,16-15-,19-18-,43-12+,51-49+. The first kappa shape index (κ1) is 57.8. The molecule has 2 unspecified atom stereocenters. The zero-order valence-corrected chi connectivity index (χ0v) is 40.0. The molecule has 4 heteroatoms. The number of carbonyl (C=O) groups is 1. The number of carbonyl (C=O) groups excluding carboxylic acids is 1. The SMILES string of the molecule is CC/C=C\C/C=C\C/C=C\C/C=C\CCCCCCCCCCCCCCCCCCCCCCCCCCCCC(=O)NC(CO)C(O)/C=C/CC/C=C/CCCCC. The van der Waals surface area contributed by atoms with Crippen LogP contribution in [0.15, 0.2) is 72.9 Å². The van der Waals surface area contributed by atoms with Gasteiger partial charge in [0.05, 0.1) is 18.8 Å². The van der Waals surface area contributed by atoms with E-state index in [-0.39, 0.29) is 12.5 Å². The lowest BCUT2D eigenvalue weighted by atomic mass is 10.0. The molecule has 0 saturated carbocycles. The Labute approximate surface area is 374 Å². The maximum Gasteiger partial charge on any atom is 0.220 e. The average Bonchev–Trinajstić information content (AvgIpc) is 3.25. The molecular formula is C56H101NO3. The van der Waals surface area contributed by atoms with E-state index in [1.807, 2.05) is 6.08 Å². The lowest BCUT2D eigenvalue weighted by molar-refractivity contribution is -0.123. The van der Waals surface area contributed by atoms with Crippen molar-refractivity contribution in [1.29, 1.82) is 0 Å². The van der Waals surface area contributed by atoms with E-state index >= 15 is 0 Å². The van der Waals surface area contributed by atoms with Gasteiger partial charge in [0.2, 0.25) is 5.91 Å². The van der Waals surface area contributed by atoms with E-state index in [4.69, 9.17) is 0 Å². The van der Waals surface area contributed by atoms with E-state index in [1.165, 1.54) is 180 Å². The lowest BCUT2D eigenvalue weighted by Gasteiger charge is -2.19. The molecule has 4 nitrogen and oxygen atoms in total. The summed E-state index contributed by atoms with van der Waals surface area (Å²) >= 11 is 0. The summed E-state index contributed by atoms with van der Waals surface area (Å²) in [7, 11) is 0. The molecule has 0 spiro atoms. The zero-order chi connectivity index (χ0) is 43.5. The smallest absolute Gasteiger partial charge is 0.220 e. The molecular weight excluding hydrogens is 735 g/mol. The number of hydrogen-bond donors (Lipinski definition) is 3. The average molecular weight is 836 g/mol. The first-order valence-electron chi connectivity index (χ1n) is 26.2. The van der Waals surface area contributed by atoms with Gasteiger partial charge in [-0.25, -0.2) is 0 Å². The number of unbranched alkanes of at least 4 members (excludes halogenated alkanes) is 30. The molecule has 0 aliphatic carbocycles. The molecule has 348 valence electrons. The maximum atomic E-state index is 12.4. The van der Waals surface area contributed by atoms with Crippen LogP contribution in [0.25, 0.3) is 0 Å². The highest BCUT2D eigenvalue weighted by Gasteiger charge is 2.17. The van der Waals surface area contributed by atoms with Crippen molar-refractivity contribution in [1.82, 2.24) is 5.32 Å². The fraction of sp³-hybridized carbons (Fsp3) is 0.768. The third-order valence-corrected chi connectivity index (χ3v) is 11.7. The molecule has 0 fully saturated rings. The van der Waals surface area contributed by atoms with Gasteiger partial charge in [0.1, 0.15) is 0 Å². The molecule has 0 aromatic heterocycles. The van der Waals surface area contributed by atoms with Crippen molar-refractivity contribution in [3.05, 3.63) is 72.9 Å². The van der Waals surface area contributed by atoms with Crippen LogP contribution in [0.2, 0.25) is 0 Å². The Bertz CT molecular complexity index is 1040. The minimum atomic E-state index is -0.859. The van der Waals surface area contributed by atoms with Crippen molar-refractivity contribution in [3.63, 3.8) is 0 Å². The van der Waals surface area contributed by atoms with Gasteiger partial charge in [0.25, 0.3) is 0 Å². The van der Waals surface area contributed by atoms with Crippen molar-refractivity contribution >= 4 is 5.91 Å². The molecule has 3 N–H and O–H groups in total. The molecule has 0 heterocycles. The topological polar surface area (TPSA) is 69.6 Å². The molecule has 0 aromatic rings. The predicted octanol–water partition coefficient (Wildman–Crippen LogP) is 17.0. The Morgan fingerprint density at radius 2 is 0.750 bits per heavy atom. The predicted molar refractivity (Wildman–Crippen MR) is 267 cm³/mol. The van der Waals surface area contributed by atoms with Crippen LogP contribution in [-0.4, -0.2) is 34.9 Å². The summed E-state index contributed by atoms with van der Waals surface area (Å²) in [6.07, 6.45) is 73.7. The van der Waals surface area contributed by atoms with E-state index in [0.29, 0.717) is 6.42 Å². The highest BCUT2D eigenvalue weighted by molar-refractivity contribution is 5.76. The van der Waals surface area contributed by atoms with Gasteiger partial charge < -0.3 is 15.5 Å². The lowest BCUT2D eigenvalue weighted by Crippen LogP contribution is -2.45. The van der Waals surface area contributed by atoms with Crippen LogP contribution in [0.3, 0.4) is 0 Å². The van der Waals surface area contributed by atoms with E-state index in [9.17, 15) is 15.0 Å². The number of aliphatic hydroxyl groups excluding tert-OH is 2. The van der Waals surface area contributed by atoms with Gasteiger partial charge in [0, 0.05) is 6.42 Å². The van der Waals surface area contributed by atoms with Crippen molar-refractivity contribution in [3.8, 4) is 0 Å². The summed E-state index contributed by atoms with van der Waals surface area (Å²) in [5, 5.41) is 22.9. The van der Waals surface area contributed by atoms with Crippen molar-refractivity contribution in [2.75, 3.05) is 6.61 Å². The first-order chi connectivity index (χ1) is 29.7. The van der Waals surface area contributed by atoms with Crippen LogP contribution >= 0.6 is 0 Å².